The molecule has 0 fully saturated rings. The highest BCUT2D eigenvalue weighted by molar-refractivity contribution is 14.1. The lowest BCUT2D eigenvalue weighted by molar-refractivity contribution is 0.582. The Hall–Kier alpha value is -0.190. The van der Waals surface area contributed by atoms with Crippen LogP contribution < -0.4 is 0 Å². The molecule has 1 nitrogen and oxygen atoms in total. The highest BCUT2D eigenvalue weighted by Crippen LogP contribution is 2.02. The quantitative estimate of drug-likeness (QED) is 0.483. The van der Waals surface area contributed by atoms with Crippen molar-refractivity contribution < 1.29 is 5.76 Å². The van der Waals surface area contributed by atoms with Gasteiger partial charge in [-0.25, -0.2) is 4.98 Å². The van der Waals surface area contributed by atoms with Crippen LogP contribution in [0.2, 0.25) is 0 Å². The number of pyridine rings is 1. The number of nitrogens with zero attached hydrogens (tertiary/aromatic N) is 1. The van der Waals surface area contributed by atoms with Crippen LogP contribution in [0, 0.1) is 9.52 Å². The van der Waals surface area contributed by atoms with E-state index < -0.39 is 5.95 Å². The van der Waals surface area contributed by atoms with Gasteiger partial charge in [-0.15, -0.1) is 0 Å². The zero-order valence-electron chi connectivity index (χ0n) is 4.86. The van der Waals surface area contributed by atoms with Crippen molar-refractivity contribution in [2.24, 2.45) is 0 Å². The van der Waals surface area contributed by atoms with Crippen molar-refractivity contribution in [3.8, 4) is 0 Å². The summed E-state index contributed by atoms with van der Waals surface area (Å²) in [6.07, 6.45) is 1.34. The second kappa shape index (κ2) is 2.39. The van der Waals surface area contributed by atoms with E-state index in [-0.39, 0.29) is 6.04 Å². The second-order valence-corrected chi connectivity index (χ2v) is 2.37. The van der Waals surface area contributed by atoms with Crippen LogP contribution in [-0.2, 0) is 0 Å². The third kappa shape index (κ3) is 1.40. The first-order valence-electron chi connectivity index (χ1n) is 2.48. The summed E-state index contributed by atoms with van der Waals surface area (Å²) in [6.45, 7) is 0. The summed E-state index contributed by atoms with van der Waals surface area (Å²) in [4.78, 5) is 3.28. The van der Waals surface area contributed by atoms with Crippen molar-refractivity contribution in [3.63, 3.8) is 0 Å². The first-order valence-corrected chi connectivity index (χ1v) is 3.06. The molecule has 0 bridgehead atoms. The summed E-state index contributed by atoms with van der Waals surface area (Å²) in [5, 5.41) is 0. The van der Waals surface area contributed by atoms with Gasteiger partial charge in [0.2, 0.25) is 5.95 Å². The first kappa shape index (κ1) is 4.67. The molecule has 42 valence electrons. The standard InChI is InChI=1S/C5H3FIN/c6-5-3-4(7)1-2-8-5/h1-3H/i3D. The van der Waals surface area contributed by atoms with Crippen LogP contribution in [0.4, 0.5) is 4.39 Å². The summed E-state index contributed by atoms with van der Waals surface area (Å²) in [7, 11) is 0. The monoisotopic (exact) mass is 224 g/mol. The maximum atomic E-state index is 12.3. The maximum Gasteiger partial charge on any atom is 0.213 e. The van der Waals surface area contributed by atoms with Crippen molar-refractivity contribution in [2.75, 3.05) is 0 Å². The molecule has 0 aliphatic heterocycles. The van der Waals surface area contributed by atoms with Crippen molar-refractivity contribution >= 4 is 22.6 Å². The Morgan fingerprint density at radius 2 is 2.62 bits per heavy atom. The highest BCUT2D eigenvalue weighted by Gasteiger charge is 1.87. The van der Waals surface area contributed by atoms with Crippen LogP contribution in [-0.4, -0.2) is 4.98 Å². The van der Waals surface area contributed by atoms with Gasteiger partial charge in [0.1, 0.15) is 0 Å². The van der Waals surface area contributed by atoms with Gasteiger partial charge in [-0.05, 0) is 28.7 Å². The molecule has 0 aromatic carbocycles. The van der Waals surface area contributed by atoms with Crippen molar-refractivity contribution in [3.05, 3.63) is 27.8 Å². The van der Waals surface area contributed by atoms with Crippen LogP contribution in [0.15, 0.2) is 18.3 Å². The summed E-state index contributed by atoms with van der Waals surface area (Å²) in [5.41, 5.74) is 0. The normalized spacial score (nSPS) is 11.0. The molecule has 0 aliphatic rings. The molecule has 0 radical (unpaired) electrons. The molecule has 3 heteroatoms. The summed E-state index contributed by atoms with van der Waals surface area (Å²) >= 11 is 1.88. The van der Waals surface area contributed by atoms with Gasteiger partial charge in [0.05, 0.1) is 1.37 Å². The Morgan fingerprint density at radius 3 is 3.12 bits per heavy atom. The lowest BCUT2D eigenvalue weighted by atomic mass is 10.5. The van der Waals surface area contributed by atoms with E-state index in [1.807, 2.05) is 22.6 Å². The molecule has 0 atom stereocenters. The molecule has 0 spiro atoms. The van der Waals surface area contributed by atoms with E-state index in [1.165, 1.54) is 6.20 Å². The van der Waals surface area contributed by atoms with Crippen LogP contribution in [0.1, 0.15) is 1.37 Å². The smallest absolute Gasteiger partial charge is 0.213 e. The van der Waals surface area contributed by atoms with E-state index in [0.29, 0.717) is 3.57 Å². The maximum absolute atomic E-state index is 12.3. The molecule has 0 saturated carbocycles. The minimum absolute atomic E-state index is 0.127. The number of hydrogen-bond donors (Lipinski definition) is 0. The molecule has 1 rings (SSSR count). The lowest BCUT2D eigenvalue weighted by Crippen LogP contribution is -1.79. The molecule has 1 heterocycles. The van der Waals surface area contributed by atoms with Crippen LogP contribution in [0.3, 0.4) is 0 Å². The first-order chi connectivity index (χ1) is 4.22. The van der Waals surface area contributed by atoms with Gasteiger partial charge in [0.25, 0.3) is 0 Å². The second-order valence-electron chi connectivity index (χ2n) is 1.21. The van der Waals surface area contributed by atoms with Crippen LogP contribution >= 0.6 is 22.6 Å². The van der Waals surface area contributed by atoms with Gasteiger partial charge in [0.15, 0.2) is 0 Å². The predicted octanol–water partition coefficient (Wildman–Crippen LogP) is 1.83. The summed E-state index contributed by atoms with van der Waals surface area (Å²) in [6, 6.07) is 1.46. The average molecular weight is 224 g/mol. The molecule has 0 N–H and O–H groups in total. The van der Waals surface area contributed by atoms with Gasteiger partial charge in [-0.2, -0.15) is 4.39 Å². The molecule has 0 unspecified atom stereocenters. The third-order valence-electron chi connectivity index (χ3n) is 0.631. The van der Waals surface area contributed by atoms with Gasteiger partial charge in [-0.3, -0.25) is 0 Å². The Bertz CT molecular complexity index is 208. The third-order valence-corrected chi connectivity index (χ3v) is 1.26. The van der Waals surface area contributed by atoms with Crippen LogP contribution in [0.5, 0.6) is 0 Å². The molecule has 1 aromatic heterocycles. The molecular weight excluding hydrogens is 220 g/mol. The zero-order chi connectivity index (χ0) is 6.85. The number of aromatic nitrogens is 1. The molecule has 0 saturated heterocycles. The summed E-state index contributed by atoms with van der Waals surface area (Å²) < 4.78 is 19.9. The van der Waals surface area contributed by atoms with Crippen molar-refractivity contribution in [2.45, 2.75) is 0 Å². The molecule has 0 aliphatic carbocycles. The molecule has 1 aromatic rings. The van der Waals surface area contributed by atoms with E-state index in [1.54, 1.807) is 6.07 Å². The Labute approximate surface area is 61.5 Å². The minimum Gasteiger partial charge on any atom is -0.228 e. The van der Waals surface area contributed by atoms with Gasteiger partial charge in [0, 0.05) is 15.8 Å². The van der Waals surface area contributed by atoms with Gasteiger partial charge < -0.3 is 0 Å². The Balaban J connectivity index is 3.25. The van der Waals surface area contributed by atoms with E-state index in [4.69, 9.17) is 1.37 Å². The Morgan fingerprint density at radius 1 is 1.88 bits per heavy atom. The zero-order valence-corrected chi connectivity index (χ0v) is 6.02. The van der Waals surface area contributed by atoms with Crippen molar-refractivity contribution in [1.29, 1.82) is 0 Å². The fourth-order valence-corrected chi connectivity index (χ4v) is 0.724. The minimum atomic E-state index is -0.707. The largest absolute Gasteiger partial charge is 0.228 e. The SMILES string of the molecule is [2H]c1c(I)ccnc1F. The fraction of sp³-hybridized carbons (Fsp3) is 0. The summed E-state index contributed by atoms with van der Waals surface area (Å²) in [5.74, 6) is -0.707. The number of halogens is 2. The number of rotatable bonds is 0. The lowest BCUT2D eigenvalue weighted by Gasteiger charge is -1.85. The highest BCUT2D eigenvalue weighted by atomic mass is 127. The number of hydrogen-bond acceptors (Lipinski definition) is 1. The Kier molecular flexibility index (Phi) is 1.39. The van der Waals surface area contributed by atoms with Gasteiger partial charge in [-0.1, -0.05) is 0 Å². The van der Waals surface area contributed by atoms with E-state index >= 15 is 0 Å². The molecule has 0 amide bonds. The topological polar surface area (TPSA) is 12.9 Å². The van der Waals surface area contributed by atoms with E-state index in [0.717, 1.165) is 0 Å². The van der Waals surface area contributed by atoms with E-state index in [2.05, 4.69) is 4.98 Å². The fourth-order valence-electron chi connectivity index (χ4n) is 0.341. The van der Waals surface area contributed by atoms with Crippen molar-refractivity contribution in [1.82, 2.24) is 4.98 Å². The molecule has 8 heavy (non-hydrogen) atoms. The van der Waals surface area contributed by atoms with Gasteiger partial charge >= 0.3 is 0 Å². The predicted molar refractivity (Wildman–Crippen MR) is 36.9 cm³/mol. The molecular formula is C5H3FIN. The van der Waals surface area contributed by atoms with Crippen LogP contribution in [0.25, 0.3) is 0 Å². The van der Waals surface area contributed by atoms with E-state index in [9.17, 15) is 4.39 Å². The average Bonchev–Trinajstić information content (AvgIpc) is 1.83.